The van der Waals surface area contributed by atoms with Crippen molar-refractivity contribution in [3.63, 3.8) is 0 Å². The van der Waals surface area contributed by atoms with Crippen molar-refractivity contribution in [2.24, 2.45) is 5.92 Å². The van der Waals surface area contributed by atoms with E-state index < -0.39 is 0 Å². The number of hydrogen-bond acceptors (Lipinski definition) is 3. The van der Waals surface area contributed by atoms with Crippen LogP contribution in [0.5, 0.6) is 0 Å². The van der Waals surface area contributed by atoms with Gasteiger partial charge in [0.25, 0.3) is 0 Å². The number of nitrogens with zero attached hydrogens (tertiary/aromatic N) is 3. The molecule has 1 aliphatic heterocycles. The first kappa shape index (κ1) is 12.4. The van der Waals surface area contributed by atoms with Crippen molar-refractivity contribution in [3.05, 3.63) is 48.0 Å². The summed E-state index contributed by atoms with van der Waals surface area (Å²) in [6, 6.07) is 10.5. The van der Waals surface area contributed by atoms with Crippen molar-refractivity contribution >= 4 is 0 Å². The second-order valence-corrected chi connectivity index (χ2v) is 5.26. The second-order valence-electron chi connectivity index (χ2n) is 5.26. The van der Waals surface area contributed by atoms with E-state index in [0.717, 1.165) is 37.8 Å². The van der Waals surface area contributed by atoms with Crippen LogP contribution in [0.4, 0.5) is 0 Å². The minimum atomic E-state index is 0.750. The van der Waals surface area contributed by atoms with E-state index in [4.69, 9.17) is 0 Å². The van der Waals surface area contributed by atoms with Gasteiger partial charge in [-0.05, 0) is 37.4 Å². The zero-order valence-corrected chi connectivity index (χ0v) is 11.1. The molecule has 1 N–H and O–H groups in total. The molecule has 0 saturated carbocycles. The van der Waals surface area contributed by atoms with E-state index >= 15 is 0 Å². The Morgan fingerprint density at radius 3 is 2.74 bits per heavy atom. The predicted octanol–water partition coefficient (Wildman–Crippen LogP) is 1.87. The average Bonchev–Trinajstić information content (AvgIpc) is 2.88. The van der Waals surface area contributed by atoms with Crippen LogP contribution in [0.2, 0.25) is 0 Å². The molecule has 4 heteroatoms. The minimum absolute atomic E-state index is 0.750. The summed E-state index contributed by atoms with van der Waals surface area (Å²) in [6.45, 7) is 3.14. The molecule has 0 amide bonds. The first-order chi connectivity index (χ1) is 9.42. The van der Waals surface area contributed by atoms with Gasteiger partial charge in [-0.25, -0.2) is 0 Å². The SMILES string of the molecule is c1ccc(Cn2cnnc2CC2CCNCC2)cc1. The Morgan fingerprint density at radius 2 is 1.95 bits per heavy atom. The largest absolute Gasteiger partial charge is 0.317 e. The summed E-state index contributed by atoms with van der Waals surface area (Å²) in [7, 11) is 0. The third-order valence-corrected chi connectivity index (χ3v) is 3.82. The molecule has 19 heavy (non-hydrogen) atoms. The van der Waals surface area contributed by atoms with Gasteiger partial charge in [0.05, 0.1) is 6.54 Å². The van der Waals surface area contributed by atoms with Crippen molar-refractivity contribution in [3.8, 4) is 0 Å². The molecule has 3 rings (SSSR count). The van der Waals surface area contributed by atoms with Crippen molar-refractivity contribution < 1.29 is 0 Å². The molecule has 1 aromatic carbocycles. The van der Waals surface area contributed by atoms with E-state index in [2.05, 4.69) is 44.3 Å². The van der Waals surface area contributed by atoms with Crippen molar-refractivity contribution in [2.75, 3.05) is 13.1 Å². The molecule has 2 heterocycles. The number of piperidine rings is 1. The minimum Gasteiger partial charge on any atom is -0.317 e. The fourth-order valence-electron chi connectivity index (χ4n) is 2.69. The number of nitrogens with one attached hydrogen (secondary N) is 1. The highest BCUT2D eigenvalue weighted by Gasteiger charge is 2.16. The Hall–Kier alpha value is -1.68. The van der Waals surface area contributed by atoms with Crippen molar-refractivity contribution in [1.29, 1.82) is 0 Å². The maximum atomic E-state index is 4.30. The third kappa shape index (κ3) is 3.20. The number of rotatable bonds is 4. The van der Waals surface area contributed by atoms with Crippen LogP contribution in [-0.2, 0) is 13.0 Å². The highest BCUT2D eigenvalue weighted by Crippen LogP contribution is 2.17. The molecule has 0 bridgehead atoms. The predicted molar refractivity (Wildman–Crippen MR) is 74.9 cm³/mol. The molecule has 0 unspecified atom stereocenters. The summed E-state index contributed by atoms with van der Waals surface area (Å²) in [5.74, 6) is 1.87. The van der Waals surface area contributed by atoms with Crippen LogP contribution in [0.3, 0.4) is 0 Å². The van der Waals surface area contributed by atoms with Gasteiger partial charge in [-0.1, -0.05) is 30.3 Å². The highest BCUT2D eigenvalue weighted by molar-refractivity contribution is 5.15. The smallest absolute Gasteiger partial charge is 0.133 e. The first-order valence-electron chi connectivity index (χ1n) is 7.03. The fourth-order valence-corrected chi connectivity index (χ4v) is 2.69. The Bertz CT molecular complexity index is 500. The lowest BCUT2D eigenvalue weighted by molar-refractivity contribution is 0.363. The van der Waals surface area contributed by atoms with Crippen molar-refractivity contribution in [1.82, 2.24) is 20.1 Å². The molecule has 1 fully saturated rings. The van der Waals surface area contributed by atoms with E-state index in [0.29, 0.717) is 0 Å². The zero-order chi connectivity index (χ0) is 12.9. The van der Waals surface area contributed by atoms with Crippen LogP contribution in [0.1, 0.15) is 24.2 Å². The molecular formula is C15H20N4. The van der Waals surface area contributed by atoms with Crippen LogP contribution in [0.25, 0.3) is 0 Å². The number of benzene rings is 1. The van der Waals surface area contributed by atoms with Gasteiger partial charge in [0.1, 0.15) is 12.2 Å². The molecule has 1 aliphatic rings. The summed E-state index contributed by atoms with van der Waals surface area (Å²) in [5, 5.41) is 11.8. The van der Waals surface area contributed by atoms with Gasteiger partial charge in [-0.3, -0.25) is 0 Å². The lowest BCUT2D eigenvalue weighted by atomic mass is 9.94. The topological polar surface area (TPSA) is 42.7 Å². The molecule has 1 saturated heterocycles. The molecule has 2 aromatic rings. The molecule has 4 nitrogen and oxygen atoms in total. The van der Waals surface area contributed by atoms with Gasteiger partial charge in [0.15, 0.2) is 0 Å². The van der Waals surface area contributed by atoms with E-state index in [9.17, 15) is 0 Å². The van der Waals surface area contributed by atoms with Crippen molar-refractivity contribution in [2.45, 2.75) is 25.8 Å². The van der Waals surface area contributed by atoms with E-state index in [1.165, 1.54) is 18.4 Å². The zero-order valence-electron chi connectivity index (χ0n) is 11.1. The normalized spacial score (nSPS) is 16.6. The van der Waals surface area contributed by atoms with Gasteiger partial charge in [0.2, 0.25) is 0 Å². The Labute approximate surface area is 113 Å². The standard InChI is InChI=1S/C15H20N4/c1-2-4-14(5-3-1)11-19-12-17-18-15(19)10-13-6-8-16-9-7-13/h1-5,12-13,16H,6-11H2. The third-order valence-electron chi connectivity index (χ3n) is 3.82. The molecule has 0 spiro atoms. The second kappa shape index (κ2) is 5.97. The van der Waals surface area contributed by atoms with Gasteiger partial charge < -0.3 is 9.88 Å². The fraction of sp³-hybridized carbons (Fsp3) is 0.467. The lowest BCUT2D eigenvalue weighted by Gasteiger charge is -2.22. The maximum absolute atomic E-state index is 4.30. The van der Waals surface area contributed by atoms with Gasteiger partial charge in [0, 0.05) is 6.42 Å². The number of aromatic nitrogens is 3. The number of hydrogen-bond donors (Lipinski definition) is 1. The van der Waals surface area contributed by atoms with Gasteiger partial charge in [-0.2, -0.15) is 0 Å². The highest BCUT2D eigenvalue weighted by atomic mass is 15.3. The molecule has 0 aliphatic carbocycles. The first-order valence-corrected chi connectivity index (χ1v) is 7.03. The Balaban J connectivity index is 1.68. The Morgan fingerprint density at radius 1 is 1.16 bits per heavy atom. The summed E-state index contributed by atoms with van der Waals surface area (Å²) in [4.78, 5) is 0. The van der Waals surface area contributed by atoms with Gasteiger partial charge >= 0.3 is 0 Å². The summed E-state index contributed by atoms with van der Waals surface area (Å²) in [5.41, 5.74) is 1.30. The van der Waals surface area contributed by atoms with E-state index in [-0.39, 0.29) is 0 Å². The summed E-state index contributed by atoms with van der Waals surface area (Å²) >= 11 is 0. The Kier molecular flexibility index (Phi) is 3.89. The molecule has 0 atom stereocenters. The molecular weight excluding hydrogens is 236 g/mol. The van der Waals surface area contributed by atoms with E-state index in [1.807, 2.05) is 12.4 Å². The monoisotopic (exact) mass is 256 g/mol. The molecule has 100 valence electrons. The van der Waals surface area contributed by atoms with E-state index in [1.54, 1.807) is 0 Å². The molecule has 0 radical (unpaired) electrons. The lowest BCUT2D eigenvalue weighted by Crippen LogP contribution is -2.29. The van der Waals surface area contributed by atoms with Gasteiger partial charge in [-0.15, -0.1) is 10.2 Å². The average molecular weight is 256 g/mol. The van der Waals surface area contributed by atoms with Crippen LogP contribution >= 0.6 is 0 Å². The van der Waals surface area contributed by atoms with Crippen LogP contribution in [0, 0.1) is 5.92 Å². The van der Waals surface area contributed by atoms with Crippen LogP contribution in [0.15, 0.2) is 36.7 Å². The van der Waals surface area contributed by atoms with Crippen LogP contribution in [-0.4, -0.2) is 27.9 Å². The van der Waals surface area contributed by atoms with Crippen LogP contribution < -0.4 is 5.32 Å². The quantitative estimate of drug-likeness (QED) is 0.908. The molecule has 1 aromatic heterocycles. The summed E-state index contributed by atoms with van der Waals surface area (Å²) in [6.07, 6.45) is 5.40. The summed E-state index contributed by atoms with van der Waals surface area (Å²) < 4.78 is 2.18. The maximum Gasteiger partial charge on any atom is 0.133 e.